The predicted octanol–water partition coefficient (Wildman–Crippen LogP) is 5.99. The number of rotatable bonds is 11. The molecule has 3 aromatic rings. The van der Waals surface area contributed by atoms with Crippen molar-refractivity contribution in [2.24, 2.45) is 0 Å². The standard InChI is InChI=1S/C27H34N2O3S/c1-28(2)13-7-15-30-19-21-18-23-22-9-5-6-10-25(22)32-26-12-11-20(17-24(26)27(23)33-21)31-16-8-14-29(3)4/h5-6,9-12,17-18H,7-8,13-16,19H2,1-4H3. The van der Waals surface area contributed by atoms with Crippen molar-refractivity contribution >= 4 is 11.3 Å². The van der Waals surface area contributed by atoms with Crippen LogP contribution in [0.4, 0.5) is 0 Å². The fourth-order valence-corrected chi connectivity index (χ4v) is 5.03. The minimum atomic E-state index is 0.629. The monoisotopic (exact) mass is 466 g/mol. The third-order valence-corrected chi connectivity index (χ3v) is 6.67. The molecule has 1 aromatic heterocycles. The molecule has 0 saturated carbocycles. The summed E-state index contributed by atoms with van der Waals surface area (Å²) in [7, 11) is 8.35. The summed E-state index contributed by atoms with van der Waals surface area (Å²) in [6.07, 6.45) is 2.03. The molecule has 1 aliphatic heterocycles. The van der Waals surface area contributed by atoms with Gasteiger partial charge in [-0.15, -0.1) is 11.3 Å². The van der Waals surface area contributed by atoms with Crippen molar-refractivity contribution in [3.8, 4) is 38.8 Å². The van der Waals surface area contributed by atoms with Gasteiger partial charge in [0.15, 0.2) is 0 Å². The zero-order chi connectivity index (χ0) is 23.2. The maximum atomic E-state index is 6.34. The topological polar surface area (TPSA) is 34.2 Å². The van der Waals surface area contributed by atoms with Crippen molar-refractivity contribution in [1.82, 2.24) is 9.80 Å². The number of ether oxygens (including phenoxy) is 3. The third kappa shape index (κ3) is 6.15. The van der Waals surface area contributed by atoms with Gasteiger partial charge in [0.1, 0.15) is 17.2 Å². The molecule has 6 heteroatoms. The van der Waals surface area contributed by atoms with Gasteiger partial charge in [-0.3, -0.25) is 0 Å². The Balaban J connectivity index is 1.57. The quantitative estimate of drug-likeness (QED) is 0.254. The van der Waals surface area contributed by atoms with E-state index >= 15 is 0 Å². The molecule has 0 amide bonds. The summed E-state index contributed by atoms with van der Waals surface area (Å²) in [5.41, 5.74) is 3.40. The smallest absolute Gasteiger partial charge is 0.136 e. The van der Waals surface area contributed by atoms with Crippen LogP contribution in [0.2, 0.25) is 0 Å². The second kappa shape index (κ2) is 11.2. The maximum Gasteiger partial charge on any atom is 0.136 e. The Labute approximate surface area is 201 Å². The van der Waals surface area contributed by atoms with Crippen LogP contribution in [-0.4, -0.2) is 64.3 Å². The molecule has 0 fully saturated rings. The zero-order valence-corrected chi connectivity index (χ0v) is 20.9. The van der Waals surface area contributed by atoms with E-state index in [1.165, 1.54) is 15.3 Å². The summed E-state index contributed by atoms with van der Waals surface area (Å²) in [5, 5.41) is 0. The zero-order valence-electron chi connectivity index (χ0n) is 20.1. The number of para-hydroxylation sites is 1. The summed E-state index contributed by atoms with van der Waals surface area (Å²) < 4.78 is 18.4. The molecule has 0 N–H and O–H groups in total. The van der Waals surface area contributed by atoms with Crippen molar-refractivity contribution in [1.29, 1.82) is 0 Å². The van der Waals surface area contributed by atoms with E-state index < -0.39 is 0 Å². The average Bonchev–Trinajstić information content (AvgIpc) is 3.16. The summed E-state index contributed by atoms with van der Waals surface area (Å²) in [6, 6.07) is 16.7. The van der Waals surface area contributed by atoms with E-state index in [9.17, 15) is 0 Å². The lowest BCUT2D eigenvalue weighted by Gasteiger charge is -2.13. The third-order valence-electron chi connectivity index (χ3n) is 5.53. The van der Waals surface area contributed by atoms with E-state index in [1.807, 2.05) is 24.3 Å². The van der Waals surface area contributed by atoms with Crippen molar-refractivity contribution in [3.63, 3.8) is 0 Å². The Kier molecular flexibility index (Phi) is 8.04. The van der Waals surface area contributed by atoms with Gasteiger partial charge in [-0.1, -0.05) is 18.2 Å². The van der Waals surface area contributed by atoms with Crippen LogP contribution < -0.4 is 9.47 Å². The molecule has 2 heterocycles. The van der Waals surface area contributed by atoms with Gasteiger partial charge in [-0.05, 0) is 77.9 Å². The fraction of sp³-hybridized carbons (Fsp3) is 0.407. The van der Waals surface area contributed by atoms with Crippen molar-refractivity contribution in [3.05, 3.63) is 53.4 Å². The van der Waals surface area contributed by atoms with E-state index in [4.69, 9.17) is 14.2 Å². The lowest BCUT2D eigenvalue weighted by molar-refractivity contribution is 0.115. The largest absolute Gasteiger partial charge is 0.494 e. The Morgan fingerprint density at radius 2 is 1.52 bits per heavy atom. The van der Waals surface area contributed by atoms with Crippen LogP contribution in [0.1, 0.15) is 17.7 Å². The molecule has 0 saturated heterocycles. The minimum Gasteiger partial charge on any atom is -0.494 e. The summed E-state index contributed by atoms with van der Waals surface area (Å²) in [4.78, 5) is 6.79. The van der Waals surface area contributed by atoms with Crippen LogP contribution in [0.25, 0.3) is 21.6 Å². The van der Waals surface area contributed by atoms with E-state index in [0.717, 1.165) is 60.9 Å². The first-order valence-electron chi connectivity index (χ1n) is 11.6. The Morgan fingerprint density at radius 1 is 0.788 bits per heavy atom. The molecule has 0 bridgehead atoms. The van der Waals surface area contributed by atoms with Crippen molar-refractivity contribution < 1.29 is 14.2 Å². The summed E-state index contributed by atoms with van der Waals surface area (Å²) >= 11 is 1.78. The lowest BCUT2D eigenvalue weighted by Crippen LogP contribution is -2.15. The van der Waals surface area contributed by atoms with Gasteiger partial charge in [0.2, 0.25) is 0 Å². The number of fused-ring (bicyclic) bond motifs is 5. The van der Waals surface area contributed by atoms with Gasteiger partial charge < -0.3 is 24.0 Å². The predicted molar refractivity (Wildman–Crippen MR) is 137 cm³/mol. The first-order valence-corrected chi connectivity index (χ1v) is 12.4. The minimum absolute atomic E-state index is 0.629. The van der Waals surface area contributed by atoms with Gasteiger partial charge in [-0.2, -0.15) is 0 Å². The number of hydrogen-bond acceptors (Lipinski definition) is 6. The van der Waals surface area contributed by atoms with E-state index in [2.05, 4.69) is 62.3 Å². The van der Waals surface area contributed by atoms with E-state index in [-0.39, 0.29) is 0 Å². The van der Waals surface area contributed by atoms with E-state index in [0.29, 0.717) is 13.2 Å². The van der Waals surface area contributed by atoms with Crippen LogP contribution >= 0.6 is 11.3 Å². The van der Waals surface area contributed by atoms with Crippen LogP contribution in [-0.2, 0) is 11.3 Å². The molecule has 0 unspecified atom stereocenters. The normalized spacial score (nSPS) is 12.2. The first kappa shape index (κ1) is 23.8. The lowest BCUT2D eigenvalue weighted by atomic mass is 10.0. The summed E-state index contributed by atoms with van der Waals surface area (Å²) in [6.45, 7) is 4.14. The maximum absolute atomic E-state index is 6.34. The molecule has 0 aliphatic carbocycles. The average molecular weight is 467 g/mol. The van der Waals surface area contributed by atoms with Gasteiger partial charge >= 0.3 is 0 Å². The molecule has 176 valence electrons. The molecular formula is C27H34N2O3S. The Hall–Kier alpha value is -2.38. The van der Waals surface area contributed by atoms with Gasteiger partial charge in [0.25, 0.3) is 0 Å². The Bertz CT molecular complexity index is 1060. The van der Waals surface area contributed by atoms with Crippen molar-refractivity contribution in [2.75, 3.05) is 54.5 Å². The number of benzene rings is 2. The SMILES string of the molecule is CN(C)CCCOCc1cc2c(s1)-c1cc(OCCCN(C)C)ccc1Oc1ccccc1-2. The number of hydrogen-bond donors (Lipinski definition) is 0. The van der Waals surface area contributed by atoms with Gasteiger partial charge in [0, 0.05) is 39.6 Å². The van der Waals surface area contributed by atoms with Gasteiger partial charge in [0.05, 0.1) is 13.2 Å². The highest BCUT2D eigenvalue weighted by Crippen LogP contribution is 2.51. The molecule has 2 aromatic carbocycles. The highest BCUT2D eigenvalue weighted by molar-refractivity contribution is 7.16. The highest BCUT2D eigenvalue weighted by Gasteiger charge is 2.24. The van der Waals surface area contributed by atoms with Crippen LogP contribution in [0, 0.1) is 0 Å². The first-order chi connectivity index (χ1) is 16.0. The highest BCUT2D eigenvalue weighted by atomic mass is 32.1. The van der Waals surface area contributed by atoms with Crippen molar-refractivity contribution in [2.45, 2.75) is 19.4 Å². The molecule has 33 heavy (non-hydrogen) atoms. The fourth-order valence-electron chi connectivity index (χ4n) is 3.90. The molecule has 0 atom stereocenters. The van der Waals surface area contributed by atoms with Crippen LogP contribution in [0.5, 0.6) is 17.2 Å². The Morgan fingerprint density at radius 3 is 2.30 bits per heavy atom. The molecular weight excluding hydrogens is 432 g/mol. The molecule has 0 spiro atoms. The molecule has 4 rings (SSSR count). The van der Waals surface area contributed by atoms with Crippen LogP contribution in [0.3, 0.4) is 0 Å². The second-order valence-electron chi connectivity index (χ2n) is 8.93. The molecule has 1 aliphatic rings. The number of thiophene rings is 1. The molecule has 5 nitrogen and oxygen atoms in total. The summed E-state index contributed by atoms with van der Waals surface area (Å²) in [5.74, 6) is 2.62. The number of nitrogens with zero attached hydrogens (tertiary/aromatic N) is 2. The molecule has 0 radical (unpaired) electrons. The van der Waals surface area contributed by atoms with Crippen LogP contribution in [0.15, 0.2) is 48.5 Å². The van der Waals surface area contributed by atoms with Gasteiger partial charge in [-0.25, -0.2) is 0 Å². The second-order valence-corrected chi connectivity index (χ2v) is 10.1. The van der Waals surface area contributed by atoms with E-state index in [1.54, 1.807) is 11.3 Å².